The van der Waals surface area contributed by atoms with Gasteiger partial charge in [0, 0.05) is 5.69 Å². The smallest absolute Gasteiger partial charge is 0.0648 e. The van der Waals surface area contributed by atoms with E-state index in [0.717, 1.165) is 11.8 Å². The first-order chi connectivity index (χ1) is 8.36. The van der Waals surface area contributed by atoms with E-state index >= 15 is 0 Å². The topological polar surface area (TPSA) is 3.24 Å². The summed E-state index contributed by atoms with van der Waals surface area (Å²) in [5.74, 6) is 4.90. The molecule has 1 heterocycles. The first-order valence-electron chi connectivity index (χ1n) is 6.33. The van der Waals surface area contributed by atoms with Crippen molar-refractivity contribution < 1.29 is 0 Å². The zero-order valence-electron chi connectivity index (χ0n) is 10.5. The monoisotopic (exact) mass is 267 g/mol. The Morgan fingerprint density at radius 2 is 1.47 bits per heavy atom. The fourth-order valence-corrected chi connectivity index (χ4v) is 3.99. The van der Waals surface area contributed by atoms with Crippen molar-refractivity contribution in [3.8, 4) is 0 Å². The van der Waals surface area contributed by atoms with Gasteiger partial charge in [0.05, 0.1) is 11.8 Å². The molecule has 0 aromatic heterocycles. The van der Waals surface area contributed by atoms with Gasteiger partial charge in [-0.1, -0.05) is 24.1 Å². The molecular weight excluding hydrogens is 246 g/mol. The summed E-state index contributed by atoms with van der Waals surface area (Å²) in [5.41, 5.74) is 2.71. The molecule has 17 heavy (non-hydrogen) atoms. The molecule has 1 saturated heterocycles. The zero-order chi connectivity index (χ0) is 11.9. The van der Waals surface area contributed by atoms with Crippen molar-refractivity contribution >= 4 is 29.2 Å². The lowest BCUT2D eigenvalue weighted by Gasteiger charge is -2.25. The number of hydrogen-bond acceptors (Lipinski definition) is 3. The Hall–Kier alpha value is -0.280. The molecule has 0 bridgehead atoms. The average molecular weight is 267 g/mol. The second-order valence-corrected chi connectivity index (χ2v) is 6.66. The first kappa shape index (κ1) is 13.2. The van der Waals surface area contributed by atoms with Crippen LogP contribution >= 0.6 is 23.5 Å². The zero-order valence-corrected chi connectivity index (χ0v) is 12.2. The van der Waals surface area contributed by atoms with Gasteiger partial charge in [-0.05, 0) is 43.4 Å². The predicted molar refractivity (Wildman–Crippen MR) is 82.2 cm³/mol. The van der Waals surface area contributed by atoms with Crippen molar-refractivity contribution in [1.29, 1.82) is 0 Å². The van der Waals surface area contributed by atoms with Crippen molar-refractivity contribution in [3.05, 3.63) is 29.8 Å². The molecular formula is C14H21NS2. The lowest BCUT2D eigenvalue weighted by Crippen LogP contribution is -2.23. The second kappa shape index (κ2) is 7.22. The maximum atomic E-state index is 2.50. The summed E-state index contributed by atoms with van der Waals surface area (Å²) < 4.78 is 0. The molecule has 1 fully saturated rings. The Labute approximate surface area is 113 Å². The van der Waals surface area contributed by atoms with Gasteiger partial charge in [0.15, 0.2) is 0 Å². The number of nitrogens with zero attached hydrogens (tertiary/aromatic N) is 1. The third-order valence-electron chi connectivity index (χ3n) is 2.97. The van der Waals surface area contributed by atoms with Crippen LogP contribution in [0.25, 0.3) is 0 Å². The lowest BCUT2D eigenvalue weighted by molar-refractivity contribution is 0.783. The average Bonchev–Trinajstić information content (AvgIpc) is 2.37. The van der Waals surface area contributed by atoms with E-state index in [2.05, 4.69) is 59.6 Å². The second-order valence-electron chi connectivity index (χ2n) is 4.51. The van der Waals surface area contributed by atoms with Crippen LogP contribution in [0, 0.1) is 6.92 Å². The molecule has 0 unspecified atom stereocenters. The van der Waals surface area contributed by atoms with E-state index < -0.39 is 0 Å². The van der Waals surface area contributed by atoms with Crippen LogP contribution < -0.4 is 4.90 Å². The SMILES string of the molecule is Cc1ccc(N2CSCCCCCSC2)cc1. The third-order valence-corrected chi connectivity index (χ3v) is 5.11. The Balaban J connectivity index is 1.97. The first-order valence-corrected chi connectivity index (χ1v) is 8.64. The van der Waals surface area contributed by atoms with E-state index in [0.29, 0.717) is 0 Å². The number of anilines is 1. The molecule has 94 valence electrons. The number of benzene rings is 1. The molecule has 3 heteroatoms. The minimum atomic E-state index is 1.13. The van der Waals surface area contributed by atoms with Gasteiger partial charge in [0.25, 0.3) is 0 Å². The predicted octanol–water partition coefficient (Wildman–Crippen LogP) is 4.37. The van der Waals surface area contributed by atoms with E-state index in [9.17, 15) is 0 Å². The number of thioether (sulfide) groups is 2. The van der Waals surface area contributed by atoms with Crippen molar-refractivity contribution in [2.75, 3.05) is 28.2 Å². The van der Waals surface area contributed by atoms with E-state index in [1.807, 2.05) is 0 Å². The van der Waals surface area contributed by atoms with Gasteiger partial charge in [-0.25, -0.2) is 0 Å². The molecule has 1 nitrogen and oxygen atoms in total. The normalized spacial score (nSPS) is 19.0. The van der Waals surface area contributed by atoms with E-state index in [1.54, 1.807) is 0 Å². The number of hydrogen-bond donors (Lipinski definition) is 0. The molecule has 2 rings (SSSR count). The Kier molecular flexibility index (Phi) is 5.59. The molecule has 0 saturated carbocycles. The molecule has 1 aromatic carbocycles. The van der Waals surface area contributed by atoms with Crippen LogP contribution in [0.2, 0.25) is 0 Å². The van der Waals surface area contributed by atoms with Crippen LogP contribution in [-0.4, -0.2) is 23.3 Å². The maximum absolute atomic E-state index is 2.50. The molecule has 1 aliphatic rings. The molecule has 0 N–H and O–H groups in total. The summed E-state index contributed by atoms with van der Waals surface area (Å²) in [6, 6.07) is 8.93. The summed E-state index contributed by atoms with van der Waals surface area (Å²) in [4.78, 5) is 2.50. The van der Waals surface area contributed by atoms with Gasteiger partial charge < -0.3 is 4.90 Å². The summed E-state index contributed by atoms with van der Waals surface area (Å²) in [6.07, 6.45) is 4.17. The summed E-state index contributed by atoms with van der Waals surface area (Å²) in [6.45, 7) is 2.15. The van der Waals surface area contributed by atoms with Gasteiger partial charge >= 0.3 is 0 Å². The molecule has 0 radical (unpaired) electrons. The highest BCUT2D eigenvalue weighted by molar-refractivity contribution is 8.00. The molecule has 0 spiro atoms. The Morgan fingerprint density at radius 3 is 2.06 bits per heavy atom. The summed E-state index contributed by atoms with van der Waals surface area (Å²) >= 11 is 4.14. The lowest BCUT2D eigenvalue weighted by atomic mass is 10.2. The van der Waals surface area contributed by atoms with Gasteiger partial charge in [-0.3, -0.25) is 0 Å². The van der Waals surface area contributed by atoms with Crippen LogP contribution in [0.1, 0.15) is 24.8 Å². The third kappa shape index (κ3) is 4.47. The maximum Gasteiger partial charge on any atom is 0.0648 e. The fourth-order valence-electron chi connectivity index (χ4n) is 1.88. The Morgan fingerprint density at radius 1 is 0.882 bits per heavy atom. The van der Waals surface area contributed by atoms with Crippen molar-refractivity contribution in [3.63, 3.8) is 0 Å². The van der Waals surface area contributed by atoms with Crippen molar-refractivity contribution in [2.45, 2.75) is 26.2 Å². The van der Waals surface area contributed by atoms with Gasteiger partial charge in [-0.15, -0.1) is 23.5 Å². The Bertz CT molecular complexity index is 313. The highest BCUT2D eigenvalue weighted by Gasteiger charge is 2.07. The van der Waals surface area contributed by atoms with E-state index in [-0.39, 0.29) is 0 Å². The highest BCUT2D eigenvalue weighted by atomic mass is 32.2. The van der Waals surface area contributed by atoms with Crippen LogP contribution in [-0.2, 0) is 0 Å². The van der Waals surface area contributed by atoms with E-state index in [4.69, 9.17) is 0 Å². The number of rotatable bonds is 1. The summed E-state index contributed by atoms with van der Waals surface area (Å²) in [5, 5.41) is 0. The van der Waals surface area contributed by atoms with Crippen LogP contribution in [0.5, 0.6) is 0 Å². The number of aryl methyl sites for hydroxylation is 1. The molecule has 1 aliphatic heterocycles. The molecule has 1 aromatic rings. The van der Waals surface area contributed by atoms with Crippen molar-refractivity contribution in [2.24, 2.45) is 0 Å². The van der Waals surface area contributed by atoms with Crippen LogP contribution in [0.3, 0.4) is 0 Å². The fraction of sp³-hybridized carbons (Fsp3) is 0.571. The largest absolute Gasteiger partial charge is 0.353 e. The molecule has 0 atom stereocenters. The quantitative estimate of drug-likeness (QED) is 0.744. The minimum absolute atomic E-state index is 1.13. The van der Waals surface area contributed by atoms with Gasteiger partial charge in [0.2, 0.25) is 0 Å². The highest BCUT2D eigenvalue weighted by Crippen LogP contribution is 2.23. The van der Waals surface area contributed by atoms with Gasteiger partial charge in [-0.2, -0.15) is 0 Å². The molecule has 0 aliphatic carbocycles. The van der Waals surface area contributed by atoms with Gasteiger partial charge in [0.1, 0.15) is 0 Å². The minimum Gasteiger partial charge on any atom is -0.353 e. The summed E-state index contributed by atoms with van der Waals surface area (Å²) in [7, 11) is 0. The van der Waals surface area contributed by atoms with Crippen LogP contribution in [0.4, 0.5) is 5.69 Å². The molecule has 0 amide bonds. The van der Waals surface area contributed by atoms with Crippen molar-refractivity contribution in [1.82, 2.24) is 0 Å². The standard InChI is InChI=1S/C14H21NS2/c1-13-5-7-14(8-6-13)15-11-16-9-3-2-4-10-17-12-15/h5-8H,2-4,9-12H2,1H3. The van der Waals surface area contributed by atoms with Crippen LogP contribution in [0.15, 0.2) is 24.3 Å². The van der Waals surface area contributed by atoms with E-state index in [1.165, 1.54) is 42.0 Å².